The van der Waals surface area contributed by atoms with Crippen molar-refractivity contribution in [2.45, 2.75) is 58.5 Å². The van der Waals surface area contributed by atoms with Crippen molar-refractivity contribution in [1.82, 2.24) is 10.1 Å². The molecule has 212 valence electrons. The molecular weight excluding hydrogens is 535 g/mol. The van der Waals surface area contributed by atoms with Gasteiger partial charge in [-0.3, -0.25) is 4.79 Å². The average molecular weight is 569 g/mol. The molecule has 0 bridgehead atoms. The van der Waals surface area contributed by atoms with E-state index in [2.05, 4.69) is 30.1 Å². The molecule has 2 aromatic heterocycles. The van der Waals surface area contributed by atoms with Gasteiger partial charge in [-0.1, -0.05) is 36.7 Å². The van der Waals surface area contributed by atoms with Crippen LogP contribution >= 0.6 is 11.6 Å². The van der Waals surface area contributed by atoms with E-state index in [0.717, 1.165) is 42.4 Å². The summed E-state index contributed by atoms with van der Waals surface area (Å²) in [7, 11) is 3.05. The maximum absolute atomic E-state index is 15.0. The average Bonchev–Trinajstić information content (AvgIpc) is 3.60. The number of Topliss-reactive ketones (excluding diaryl/α,β-unsaturated/α-hetero) is 1. The first-order valence-electron chi connectivity index (χ1n) is 13.5. The monoisotopic (exact) mass is 568 g/mol. The summed E-state index contributed by atoms with van der Waals surface area (Å²) in [5, 5.41) is 4.83. The van der Waals surface area contributed by atoms with Crippen LogP contribution in [-0.2, 0) is 16.1 Å². The second-order valence-corrected chi connectivity index (χ2v) is 11.6. The first kappa shape index (κ1) is 28.3. The van der Waals surface area contributed by atoms with Crippen LogP contribution in [0.5, 0.6) is 11.6 Å². The van der Waals surface area contributed by atoms with Gasteiger partial charge in [-0.15, -0.1) is 0 Å². The zero-order valence-electron chi connectivity index (χ0n) is 23.3. The lowest BCUT2D eigenvalue weighted by molar-refractivity contribution is -0.123. The fourth-order valence-corrected chi connectivity index (χ4v) is 5.79. The Morgan fingerprint density at radius 2 is 2.05 bits per heavy atom. The number of ether oxygens (including phenoxy) is 3. The number of carbonyl (C=O) groups excluding carboxylic acids is 1. The molecule has 2 aliphatic rings. The van der Waals surface area contributed by atoms with Gasteiger partial charge in [0.05, 0.1) is 23.3 Å². The van der Waals surface area contributed by atoms with Gasteiger partial charge in [0.15, 0.2) is 11.5 Å². The van der Waals surface area contributed by atoms with Crippen LogP contribution in [0.3, 0.4) is 0 Å². The van der Waals surface area contributed by atoms with E-state index in [1.54, 1.807) is 18.3 Å². The highest BCUT2D eigenvalue weighted by Crippen LogP contribution is 2.49. The number of nitrogens with zero attached hydrogens (tertiary/aromatic N) is 2. The highest BCUT2D eigenvalue weighted by Gasteiger charge is 2.36. The van der Waals surface area contributed by atoms with E-state index in [1.165, 1.54) is 20.3 Å². The summed E-state index contributed by atoms with van der Waals surface area (Å²) in [5.74, 6) is 1.21. The van der Waals surface area contributed by atoms with Crippen molar-refractivity contribution in [2.24, 2.45) is 11.3 Å². The van der Waals surface area contributed by atoms with E-state index in [1.807, 2.05) is 6.07 Å². The molecule has 0 radical (unpaired) electrons. The number of aromatic nitrogens is 2. The molecule has 1 saturated carbocycles. The molecule has 1 fully saturated rings. The maximum Gasteiger partial charge on any atom is 0.213 e. The van der Waals surface area contributed by atoms with Crippen molar-refractivity contribution >= 4 is 23.0 Å². The molecule has 0 aliphatic heterocycles. The molecule has 0 spiro atoms. The number of halogens is 2. The van der Waals surface area contributed by atoms with Crippen molar-refractivity contribution in [3.8, 4) is 23.0 Å². The number of benzene rings is 1. The number of allylic oxidation sites excluding steroid dienone is 2. The molecular formula is C31H34ClFN2O5. The van der Waals surface area contributed by atoms with Gasteiger partial charge in [-0.25, -0.2) is 9.37 Å². The number of carbonyl (C=O) groups is 1. The molecule has 0 saturated heterocycles. The van der Waals surface area contributed by atoms with Gasteiger partial charge in [0, 0.05) is 25.8 Å². The third-order valence-electron chi connectivity index (χ3n) is 7.86. The van der Waals surface area contributed by atoms with Gasteiger partial charge in [0.2, 0.25) is 5.88 Å². The Morgan fingerprint density at radius 3 is 2.73 bits per heavy atom. The normalized spacial score (nSPS) is 17.0. The molecule has 40 heavy (non-hydrogen) atoms. The summed E-state index contributed by atoms with van der Waals surface area (Å²) in [4.78, 5) is 16.8. The molecule has 7 nitrogen and oxygen atoms in total. The van der Waals surface area contributed by atoms with E-state index in [4.69, 9.17) is 30.3 Å². The standard InChI is InChI=1S/C31H34ClFN2O5/c1-31(2)11-5-6-24(31)29-27(35-40-30(29)23-13-20(38-4)9-10-26(23)33)17-39-28-14-22(25(32)15-34-28)21(18-7-8-18)12-19(36)16-37-3/h6,9-10,13-15,18,21H,5,7-8,11-12,16-17H2,1-4H3. The summed E-state index contributed by atoms with van der Waals surface area (Å²) >= 11 is 6.55. The van der Waals surface area contributed by atoms with Crippen molar-refractivity contribution < 1.29 is 27.9 Å². The largest absolute Gasteiger partial charge is 0.497 e. The molecule has 3 aromatic rings. The molecule has 9 heteroatoms. The van der Waals surface area contributed by atoms with Crippen LogP contribution in [0, 0.1) is 17.2 Å². The van der Waals surface area contributed by atoms with Gasteiger partial charge < -0.3 is 18.7 Å². The molecule has 0 N–H and O–H groups in total. The number of hydrogen-bond donors (Lipinski definition) is 0. The fourth-order valence-electron chi connectivity index (χ4n) is 5.55. The Labute approximate surface area is 238 Å². The zero-order chi connectivity index (χ0) is 28.4. The zero-order valence-corrected chi connectivity index (χ0v) is 24.0. The number of pyridine rings is 1. The van der Waals surface area contributed by atoms with Crippen LogP contribution in [0.4, 0.5) is 4.39 Å². The molecule has 1 aromatic carbocycles. The summed E-state index contributed by atoms with van der Waals surface area (Å²) in [6.45, 7) is 4.45. The number of rotatable bonds is 12. The Morgan fingerprint density at radius 1 is 1.25 bits per heavy atom. The quantitative estimate of drug-likeness (QED) is 0.225. The molecule has 1 atom stereocenters. The summed E-state index contributed by atoms with van der Waals surface area (Å²) in [5.41, 5.74) is 3.28. The van der Waals surface area contributed by atoms with Crippen LogP contribution < -0.4 is 9.47 Å². The van der Waals surface area contributed by atoms with E-state index in [0.29, 0.717) is 40.4 Å². The SMILES string of the molecule is COCC(=O)CC(c1cc(OCc2noc(-c3cc(OC)ccc3F)c2C2=CCCC2(C)C)ncc1Cl)C1CC1. The van der Waals surface area contributed by atoms with E-state index < -0.39 is 5.82 Å². The maximum atomic E-state index is 15.0. The minimum atomic E-state index is -0.430. The predicted molar refractivity (Wildman–Crippen MR) is 150 cm³/mol. The summed E-state index contributed by atoms with van der Waals surface area (Å²) in [6.07, 6.45) is 8.04. The highest BCUT2D eigenvalue weighted by atomic mass is 35.5. The van der Waals surface area contributed by atoms with Crippen molar-refractivity contribution in [1.29, 1.82) is 0 Å². The summed E-state index contributed by atoms with van der Waals surface area (Å²) < 4.78 is 37.3. The van der Waals surface area contributed by atoms with Crippen LogP contribution in [0.25, 0.3) is 16.9 Å². The van der Waals surface area contributed by atoms with E-state index >= 15 is 4.39 Å². The van der Waals surface area contributed by atoms with Crippen molar-refractivity contribution in [3.63, 3.8) is 0 Å². The Hall–Kier alpha value is -3.23. The Bertz CT molecular complexity index is 1430. The van der Waals surface area contributed by atoms with Crippen LogP contribution in [0.15, 0.2) is 41.1 Å². The third-order valence-corrected chi connectivity index (χ3v) is 8.17. The van der Waals surface area contributed by atoms with Gasteiger partial charge in [-0.2, -0.15) is 0 Å². The molecule has 5 rings (SSSR count). The molecule has 0 amide bonds. The lowest BCUT2D eigenvalue weighted by Crippen LogP contribution is -2.14. The van der Waals surface area contributed by atoms with Gasteiger partial charge >= 0.3 is 0 Å². The lowest BCUT2D eigenvalue weighted by Gasteiger charge is -2.23. The van der Waals surface area contributed by atoms with Crippen LogP contribution in [-0.4, -0.2) is 36.8 Å². The smallest absolute Gasteiger partial charge is 0.213 e. The minimum absolute atomic E-state index is 0.0183. The third kappa shape index (κ3) is 5.93. The highest BCUT2D eigenvalue weighted by molar-refractivity contribution is 6.31. The topological polar surface area (TPSA) is 83.7 Å². The van der Waals surface area contributed by atoms with Gasteiger partial charge in [0.1, 0.15) is 30.5 Å². The fraction of sp³-hybridized carbons (Fsp3) is 0.452. The minimum Gasteiger partial charge on any atom is -0.497 e. The number of ketones is 1. The molecule has 1 unspecified atom stereocenters. The Balaban J connectivity index is 1.46. The predicted octanol–water partition coefficient (Wildman–Crippen LogP) is 7.42. The summed E-state index contributed by atoms with van der Waals surface area (Å²) in [6, 6.07) is 6.35. The van der Waals surface area contributed by atoms with Crippen LogP contribution in [0.1, 0.15) is 68.7 Å². The number of hydrogen-bond acceptors (Lipinski definition) is 7. The first-order valence-corrected chi connectivity index (χ1v) is 13.9. The molecule has 2 aliphatic carbocycles. The molecule has 2 heterocycles. The van der Waals surface area contributed by atoms with Crippen LogP contribution in [0.2, 0.25) is 5.02 Å². The second-order valence-electron chi connectivity index (χ2n) is 11.2. The lowest BCUT2D eigenvalue weighted by atomic mass is 9.80. The van der Waals surface area contributed by atoms with Gasteiger partial charge in [0.25, 0.3) is 0 Å². The van der Waals surface area contributed by atoms with E-state index in [-0.39, 0.29) is 35.9 Å². The van der Waals surface area contributed by atoms with Crippen molar-refractivity contribution in [3.05, 3.63) is 64.2 Å². The Kier molecular flexibility index (Phi) is 8.29. The van der Waals surface area contributed by atoms with Gasteiger partial charge in [-0.05, 0) is 72.3 Å². The first-order chi connectivity index (χ1) is 19.2. The van der Waals surface area contributed by atoms with Crippen molar-refractivity contribution in [2.75, 3.05) is 20.8 Å². The number of methoxy groups -OCH3 is 2. The second kappa shape index (κ2) is 11.7. The van der Waals surface area contributed by atoms with E-state index in [9.17, 15) is 4.79 Å².